The van der Waals surface area contributed by atoms with Crippen molar-refractivity contribution in [3.8, 4) is 11.5 Å². The van der Waals surface area contributed by atoms with Crippen molar-refractivity contribution in [2.24, 2.45) is 0 Å². The summed E-state index contributed by atoms with van der Waals surface area (Å²) in [6, 6.07) is 15.8. The van der Waals surface area contributed by atoms with Crippen LogP contribution in [0.5, 0.6) is 11.5 Å². The van der Waals surface area contributed by atoms with E-state index in [9.17, 15) is 4.79 Å². The molecule has 162 valence electrons. The van der Waals surface area contributed by atoms with Gasteiger partial charge in [-0.2, -0.15) is 0 Å². The first-order valence-electron chi connectivity index (χ1n) is 10.3. The summed E-state index contributed by atoms with van der Waals surface area (Å²) < 4.78 is 12.0. The summed E-state index contributed by atoms with van der Waals surface area (Å²) in [4.78, 5) is 21.4. The molecule has 0 N–H and O–H groups in total. The number of ether oxygens (including phenoxy) is 2. The Morgan fingerprint density at radius 3 is 2.84 bits per heavy atom. The molecule has 0 saturated heterocycles. The van der Waals surface area contributed by atoms with Gasteiger partial charge in [0.25, 0.3) is 0 Å². The van der Waals surface area contributed by atoms with Crippen LogP contribution in [0, 0.1) is 0 Å². The van der Waals surface area contributed by atoms with Crippen molar-refractivity contribution in [2.75, 3.05) is 27.2 Å². The molecule has 0 bridgehead atoms. The van der Waals surface area contributed by atoms with Gasteiger partial charge in [-0.3, -0.25) is 9.69 Å². The number of hydrogen-bond donors (Lipinski definition) is 0. The fourth-order valence-electron chi connectivity index (χ4n) is 3.82. The summed E-state index contributed by atoms with van der Waals surface area (Å²) in [5.41, 5.74) is 2.05. The zero-order valence-electron chi connectivity index (χ0n) is 18.0. The molecular weight excluding hydrogens is 410 g/mol. The Balaban J connectivity index is 1.57. The van der Waals surface area contributed by atoms with Crippen LogP contribution in [0.4, 0.5) is 0 Å². The van der Waals surface area contributed by atoms with Crippen LogP contribution in [0.2, 0.25) is 0 Å². The molecule has 7 heteroatoms. The van der Waals surface area contributed by atoms with Crippen molar-refractivity contribution >= 4 is 17.2 Å². The second-order valence-electron chi connectivity index (χ2n) is 7.68. The number of para-hydroxylation sites is 2. The monoisotopic (exact) mass is 437 g/mol. The molecule has 0 unspecified atom stereocenters. The normalized spacial score (nSPS) is 17.2. The molecule has 2 aromatic carbocycles. The first-order valence-corrected chi connectivity index (χ1v) is 11.2. The summed E-state index contributed by atoms with van der Waals surface area (Å²) in [5, 5.41) is 2.87. The second kappa shape index (κ2) is 9.49. The van der Waals surface area contributed by atoms with E-state index in [0.29, 0.717) is 19.6 Å². The number of amides is 1. The van der Waals surface area contributed by atoms with Gasteiger partial charge in [0.2, 0.25) is 5.91 Å². The molecule has 31 heavy (non-hydrogen) atoms. The number of fused-ring (bicyclic) bond motifs is 1. The molecule has 0 fully saturated rings. The van der Waals surface area contributed by atoms with Gasteiger partial charge < -0.3 is 14.4 Å². The highest BCUT2D eigenvalue weighted by atomic mass is 32.1. The molecule has 4 rings (SSSR count). The first kappa shape index (κ1) is 21.3. The van der Waals surface area contributed by atoms with E-state index in [0.717, 1.165) is 27.6 Å². The minimum absolute atomic E-state index is 0.0563. The lowest BCUT2D eigenvalue weighted by atomic mass is 10.1. The van der Waals surface area contributed by atoms with Crippen LogP contribution in [-0.4, -0.2) is 47.9 Å². The number of benzene rings is 2. The predicted molar refractivity (Wildman–Crippen MR) is 121 cm³/mol. The molecule has 6 nitrogen and oxygen atoms in total. The van der Waals surface area contributed by atoms with E-state index in [2.05, 4.69) is 16.0 Å². The fourth-order valence-corrected chi connectivity index (χ4v) is 4.56. The summed E-state index contributed by atoms with van der Waals surface area (Å²) >= 11 is 1.57. The maximum Gasteiger partial charge on any atom is 0.237 e. The summed E-state index contributed by atoms with van der Waals surface area (Å²) in [7, 11) is 3.51. The SMILES string of the molecule is COc1ccccc1[C@H]1CN(CC(=O)N(C)[C@@H](C)c2nccs2)Cc2ccccc2O1. The van der Waals surface area contributed by atoms with Gasteiger partial charge in [-0.25, -0.2) is 4.98 Å². The van der Waals surface area contributed by atoms with Gasteiger partial charge in [-0.15, -0.1) is 11.3 Å². The van der Waals surface area contributed by atoms with Gasteiger partial charge in [0.1, 0.15) is 22.6 Å². The van der Waals surface area contributed by atoms with Gasteiger partial charge in [-0.05, 0) is 19.1 Å². The van der Waals surface area contributed by atoms with Crippen molar-refractivity contribution in [3.05, 3.63) is 76.2 Å². The van der Waals surface area contributed by atoms with Crippen LogP contribution < -0.4 is 9.47 Å². The van der Waals surface area contributed by atoms with Crippen molar-refractivity contribution < 1.29 is 14.3 Å². The number of rotatable bonds is 6. The molecule has 1 aliphatic rings. The van der Waals surface area contributed by atoms with Crippen molar-refractivity contribution in [1.82, 2.24) is 14.8 Å². The Bertz CT molecular complexity index is 1020. The number of hydrogen-bond acceptors (Lipinski definition) is 6. The minimum Gasteiger partial charge on any atom is -0.496 e. The van der Waals surface area contributed by atoms with Gasteiger partial charge in [0, 0.05) is 42.8 Å². The Morgan fingerprint density at radius 2 is 2.06 bits per heavy atom. The highest BCUT2D eigenvalue weighted by molar-refractivity contribution is 7.09. The highest BCUT2D eigenvalue weighted by Gasteiger charge is 2.29. The van der Waals surface area contributed by atoms with Gasteiger partial charge >= 0.3 is 0 Å². The van der Waals surface area contributed by atoms with Crippen molar-refractivity contribution in [1.29, 1.82) is 0 Å². The number of thiazole rings is 1. The molecule has 2 heterocycles. The number of aromatic nitrogens is 1. The summed E-state index contributed by atoms with van der Waals surface area (Å²) in [5.74, 6) is 1.69. The van der Waals surface area contributed by atoms with E-state index in [4.69, 9.17) is 9.47 Å². The molecule has 0 saturated carbocycles. The van der Waals surface area contributed by atoms with Crippen LogP contribution in [-0.2, 0) is 11.3 Å². The summed E-state index contributed by atoms with van der Waals surface area (Å²) in [6.45, 7) is 3.54. The zero-order chi connectivity index (χ0) is 21.8. The van der Waals surface area contributed by atoms with Crippen LogP contribution in [0.25, 0.3) is 0 Å². The van der Waals surface area contributed by atoms with Gasteiger partial charge in [0.05, 0.1) is 19.7 Å². The maximum absolute atomic E-state index is 13.1. The van der Waals surface area contributed by atoms with E-state index >= 15 is 0 Å². The average molecular weight is 438 g/mol. The average Bonchev–Trinajstić information content (AvgIpc) is 3.27. The number of likely N-dealkylation sites (N-methyl/N-ethyl adjacent to an activating group) is 1. The molecule has 0 spiro atoms. The van der Waals surface area contributed by atoms with E-state index in [1.165, 1.54) is 0 Å². The quantitative estimate of drug-likeness (QED) is 0.575. The van der Waals surface area contributed by atoms with Crippen LogP contribution in [0.1, 0.15) is 35.2 Å². The highest BCUT2D eigenvalue weighted by Crippen LogP contribution is 2.34. The largest absolute Gasteiger partial charge is 0.496 e. The third kappa shape index (κ3) is 4.73. The Hall–Kier alpha value is -2.90. The van der Waals surface area contributed by atoms with Gasteiger partial charge in [0.15, 0.2) is 0 Å². The Kier molecular flexibility index (Phi) is 6.53. The molecule has 1 aromatic heterocycles. The van der Waals surface area contributed by atoms with Crippen LogP contribution >= 0.6 is 11.3 Å². The lowest BCUT2D eigenvalue weighted by Crippen LogP contribution is -2.40. The molecule has 1 amide bonds. The molecule has 2 atom stereocenters. The number of nitrogens with zero attached hydrogens (tertiary/aromatic N) is 3. The third-order valence-corrected chi connectivity index (χ3v) is 6.63. The molecule has 1 aliphatic heterocycles. The molecule has 3 aromatic rings. The number of carbonyl (C=O) groups is 1. The first-order chi connectivity index (χ1) is 15.1. The van der Waals surface area contributed by atoms with E-state index in [1.54, 1.807) is 29.5 Å². The van der Waals surface area contributed by atoms with Crippen LogP contribution in [0.3, 0.4) is 0 Å². The Morgan fingerprint density at radius 1 is 1.29 bits per heavy atom. The van der Waals surface area contributed by atoms with E-state index in [-0.39, 0.29) is 18.1 Å². The smallest absolute Gasteiger partial charge is 0.237 e. The van der Waals surface area contributed by atoms with Gasteiger partial charge in [-0.1, -0.05) is 36.4 Å². The maximum atomic E-state index is 13.1. The van der Waals surface area contributed by atoms with Crippen molar-refractivity contribution in [2.45, 2.75) is 25.6 Å². The molecular formula is C24H27N3O3S. The van der Waals surface area contributed by atoms with Crippen molar-refractivity contribution in [3.63, 3.8) is 0 Å². The minimum atomic E-state index is -0.241. The zero-order valence-corrected chi connectivity index (χ0v) is 18.8. The van der Waals surface area contributed by atoms with Crippen LogP contribution in [0.15, 0.2) is 60.1 Å². The second-order valence-corrected chi connectivity index (χ2v) is 8.60. The topological polar surface area (TPSA) is 54.9 Å². The van der Waals surface area contributed by atoms with E-state index in [1.807, 2.05) is 61.8 Å². The lowest BCUT2D eigenvalue weighted by molar-refractivity contribution is -0.133. The Labute approximate surface area is 187 Å². The van der Waals surface area contributed by atoms with E-state index < -0.39 is 0 Å². The standard InChI is InChI=1S/C24H27N3O3S/c1-17(24-25-12-13-31-24)26(2)23(28)16-27-14-18-8-4-6-10-20(18)30-22(15-27)19-9-5-7-11-21(19)29-3/h4-13,17,22H,14-16H2,1-3H3/t17-,22+/m0/s1. The fraction of sp³-hybridized carbons (Fsp3) is 0.333. The number of methoxy groups -OCH3 is 1. The number of carbonyl (C=O) groups excluding carboxylic acids is 1. The third-order valence-electron chi connectivity index (χ3n) is 5.69. The molecule has 0 aliphatic carbocycles. The predicted octanol–water partition coefficient (Wildman–Crippen LogP) is 4.31. The lowest BCUT2D eigenvalue weighted by Gasteiger charge is -2.28. The summed E-state index contributed by atoms with van der Waals surface area (Å²) in [6.07, 6.45) is 1.53. The molecule has 0 radical (unpaired) electrons.